The van der Waals surface area contributed by atoms with Crippen molar-refractivity contribution in [1.82, 2.24) is 0 Å². The first-order chi connectivity index (χ1) is 10.0. The van der Waals surface area contributed by atoms with E-state index < -0.39 is 0 Å². The molecule has 2 aromatic carbocycles. The molecule has 0 aliphatic heterocycles. The van der Waals surface area contributed by atoms with Gasteiger partial charge < -0.3 is 10.6 Å². The molecule has 4 heteroatoms. The van der Waals surface area contributed by atoms with Gasteiger partial charge in [0.05, 0.1) is 5.56 Å². The second-order valence-corrected chi connectivity index (χ2v) is 5.00. The van der Waals surface area contributed by atoms with Crippen LogP contribution in [0.4, 0.5) is 15.8 Å². The van der Waals surface area contributed by atoms with E-state index in [0.29, 0.717) is 16.8 Å². The van der Waals surface area contributed by atoms with Crippen molar-refractivity contribution in [2.45, 2.75) is 20.8 Å². The lowest BCUT2D eigenvalue weighted by atomic mass is 10.1. The van der Waals surface area contributed by atoms with Gasteiger partial charge in [-0.05, 0) is 56.7 Å². The number of hydrogen-bond acceptors (Lipinski definition) is 2. The molecule has 0 aliphatic rings. The minimum Gasteiger partial charge on any atom is -0.385 e. The molecule has 0 radical (unpaired) electrons. The zero-order chi connectivity index (χ0) is 15.4. The Kier molecular flexibility index (Phi) is 4.58. The van der Waals surface area contributed by atoms with Gasteiger partial charge in [-0.25, -0.2) is 4.39 Å². The van der Waals surface area contributed by atoms with Crippen LogP contribution in [0.5, 0.6) is 0 Å². The summed E-state index contributed by atoms with van der Waals surface area (Å²) in [5.74, 6) is -0.488. The van der Waals surface area contributed by atoms with Crippen molar-refractivity contribution in [3.63, 3.8) is 0 Å². The third-order valence-corrected chi connectivity index (χ3v) is 3.20. The van der Waals surface area contributed by atoms with Gasteiger partial charge in [0.2, 0.25) is 0 Å². The second kappa shape index (κ2) is 6.39. The Morgan fingerprint density at radius 2 is 1.90 bits per heavy atom. The van der Waals surface area contributed by atoms with Gasteiger partial charge in [0.25, 0.3) is 5.91 Å². The number of carbonyl (C=O) groups is 1. The first-order valence-corrected chi connectivity index (χ1v) is 6.93. The highest BCUT2D eigenvalue weighted by atomic mass is 19.1. The minimum absolute atomic E-state index is 0.208. The third-order valence-electron chi connectivity index (χ3n) is 3.20. The molecule has 0 spiro atoms. The molecule has 2 aromatic rings. The molecular weight excluding hydrogens is 267 g/mol. The molecule has 0 fully saturated rings. The molecule has 0 bridgehead atoms. The molecule has 0 atom stereocenters. The van der Waals surface area contributed by atoms with Crippen molar-refractivity contribution in [2.24, 2.45) is 0 Å². The summed E-state index contributed by atoms with van der Waals surface area (Å²) in [5.41, 5.74) is 3.47. The van der Waals surface area contributed by atoms with Gasteiger partial charge in [0, 0.05) is 17.9 Å². The number of hydrogen-bond donors (Lipinski definition) is 2. The van der Waals surface area contributed by atoms with E-state index in [1.807, 2.05) is 32.0 Å². The molecule has 2 N–H and O–H groups in total. The molecule has 0 unspecified atom stereocenters. The lowest BCUT2D eigenvalue weighted by Crippen LogP contribution is -2.15. The summed E-state index contributed by atoms with van der Waals surface area (Å²) >= 11 is 0. The van der Waals surface area contributed by atoms with Crippen LogP contribution in [0.3, 0.4) is 0 Å². The smallest absolute Gasteiger partial charge is 0.257 e. The average Bonchev–Trinajstić information content (AvgIpc) is 2.45. The average molecular weight is 286 g/mol. The SMILES string of the molecule is CCNc1ccc(C)cc1C(=O)Nc1ccc(F)c(C)c1. The van der Waals surface area contributed by atoms with E-state index in [0.717, 1.165) is 17.8 Å². The van der Waals surface area contributed by atoms with Crippen LogP contribution < -0.4 is 10.6 Å². The van der Waals surface area contributed by atoms with E-state index in [2.05, 4.69) is 10.6 Å². The molecule has 0 saturated heterocycles. The van der Waals surface area contributed by atoms with E-state index >= 15 is 0 Å². The van der Waals surface area contributed by atoms with Crippen molar-refractivity contribution >= 4 is 17.3 Å². The fraction of sp³-hybridized carbons (Fsp3) is 0.235. The summed E-state index contributed by atoms with van der Waals surface area (Å²) in [6.07, 6.45) is 0. The Labute approximate surface area is 124 Å². The van der Waals surface area contributed by atoms with E-state index in [9.17, 15) is 9.18 Å². The molecule has 2 rings (SSSR count). The highest BCUT2D eigenvalue weighted by molar-refractivity contribution is 6.08. The second-order valence-electron chi connectivity index (χ2n) is 5.00. The van der Waals surface area contributed by atoms with E-state index in [1.165, 1.54) is 6.07 Å². The van der Waals surface area contributed by atoms with E-state index in [4.69, 9.17) is 0 Å². The number of amides is 1. The van der Waals surface area contributed by atoms with Crippen molar-refractivity contribution in [3.05, 3.63) is 58.9 Å². The highest BCUT2D eigenvalue weighted by Gasteiger charge is 2.12. The fourth-order valence-electron chi connectivity index (χ4n) is 2.11. The Morgan fingerprint density at radius 3 is 2.57 bits per heavy atom. The quantitative estimate of drug-likeness (QED) is 0.887. The number of benzene rings is 2. The zero-order valence-corrected chi connectivity index (χ0v) is 12.5. The Morgan fingerprint density at radius 1 is 1.14 bits per heavy atom. The monoisotopic (exact) mass is 286 g/mol. The highest BCUT2D eigenvalue weighted by Crippen LogP contribution is 2.20. The lowest BCUT2D eigenvalue weighted by Gasteiger charge is -2.12. The van der Waals surface area contributed by atoms with Gasteiger partial charge in [-0.2, -0.15) is 0 Å². The van der Waals surface area contributed by atoms with Gasteiger partial charge in [-0.15, -0.1) is 0 Å². The summed E-state index contributed by atoms with van der Waals surface area (Å²) in [6.45, 7) is 6.32. The maximum atomic E-state index is 13.3. The third kappa shape index (κ3) is 3.60. The van der Waals surface area contributed by atoms with Crippen LogP contribution in [-0.4, -0.2) is 12.5 Å². The number of rotatable bonds is 4. The van der Waals surface area contributed by atoms with Crippen LogP contribution in [0.1, 0.15) is 28.4 Å². The maximum Gasteiger partial charge on any atom is 0.257 e. The molecule has 3 nitrogen and oxygen atoms in total. The largest absolute Gasteiger partial charge is 0.385 e. The predicted octanol–water partition coefficient (Wildman–Crippen LogP) is 4.13. The molecular formula is C17H19FN2O. The molecule has 1 amide bonds. The summed E-state index contributed by atoms with van der Waals surface area (Å²) in [4.78, 5) is 12.4. The molecule has 0 aliphatic carbocycles. The van der Waals surface area contributed by atoms with E-state index in [-0.39, 0.29) is 11.7 Å². The van der Waals surface area contributed by atoms with Gasteiger partial charge in [-0.3, -0.25) is 4.79 Å². The van der Waals surface area contributed by atoms with Crippen molar-refractivity contribution in [3.8, 4) is 0 Å². The predicted molar refractivity (Wildman–Crippen MR) is 84.4 cm³/mol. The standard InChI is InChI=1S/C17H19FN2O/c1-4-19-16-8-5-11(2)9-14(16)17(21)20-13-6-7-15(18)12(3)10-13/h5-10,19H,4H2,1-3H3,(H,20,21). The number of nitrogens with one attached hydrogen (secondary N) is 2. The number of halogens is 1. The number of carbonyl (C=O) groups excluding carboxylic acids is 1. The molecule has 21 heavy (non-hydrogen) atoms. The molecule has 0 aromatic heterocycles. The van der Waals surface area contributed by atoms with Crippen LogP contribution in [0.25, 0.3) is 0 Å². The van der Waals surface area contributed by atoms with E-state index in [1.54, 1.807) is 19.1 Å². The normalized spacial score (nSPS) is 10.3. The van der Waals surface area contributed by atoms with Crippen molar-refractivity contribution in [1.29, 1.82) is 0 Å². The molecule has 0 saturated carbocycles. The summed E-state index contributed by atoms with van der Waals surface area (Å²) in [7, 11) is 0. The topological polar surface area (TPSA) is 41.1 Å². The van der Waals surface area contributed by atoms with Crippen LogP contribution in [0, 0.1) is 19.7 Å². The lowest BCUT2D eigenvalue weighted by molar-refractivity contribution is 0.102. The van der Waals surface area contributed by atoms with Crippen LogP contribution in [0.15, 0.2) is 36.4 Å². The van der Waals surface area contributed by atoms with Gasteiger partial charge in [-0.1, -0.05) is 11.6 Å². The van der Waals surface area contributed by atoms with Gasteiger partial charge >= 0.3 is 0 Å². The number of anilines is 2. The summed E-state index contributed by atoms with van der Waals surface area (Å²) in [5, 5.41) is 5.98. The Hall–Kier alpha value is -2.36. The Bertz CT molecular complexity index is 668. The van der Waals surface area contributed by atoms with Crippen LogP contribution in [0.2, 0.25) is 0 Å². The van der Waals surface area contributed by atoms with Crippen LogP contribution in [-0.2, 0) is 0 Å². The summed E-state index contributed by atoms with van der Waals surface area (Å²) < 4.78 is 13.3. The van der Waals surface area contributed by atoms with Crippen LogP contribution >= 0.6 is 0 Å². The van der Waals surface area contributed by atoms with Crippen molar-refractivity contribution in [2.75, 3.05) is 17.2 Å². The Balaban J connectivity index is 2.27. The molecule has 0 heterocycles. The minimum atomic E-state index is -0.281. The zero-order valence-electron chi connectivity index (χ0n) is 12.5. The van der Waals surface area contributed by atoms with Gasteiger partial charge in [0.15, 0.2) is 0 Å². The first kappa shape index (κ1) is 15.0. The fourth-order valence-corrected chi connectivity index (χ4v) is 2.11. The maximum absolute atomic E-state index is 13.3. The van der Waals surface area contributed by atoms with Crippen molar-refractivity contribution < 1.29 is 9.18 Å². The molecule has 110 valence electrons. The summed E-state index contributed by atoms with van der Waals surface area (Å²) in [6, 6.07) is 10.2. The van der Waals surface area contributed by atoms with Gasteiger partial charge in [0.1, 0.15) is 5.82 Å². The number of aryl methyl sites for hydroxylation is 2. The first-order valence-electron chi connectivity index (χ1n) is 6.93.